The molecule has 0 radical (unpaired) electrons. The van der Waals surface area contributed by atoms with E-state index >= 15 is 0 Å². The summed E-state index contributed by atoms with van der Waals surface area (Å²) in [6.07, 6.45) is 5.11. The highest BCUT2D eigenvalue weighted by Crippen LogP contribution is 2.31. The molecule has 1 aromatic carbocycles. The second-order valence-electron chi connectivity index (χ2n) is 8.00. The van der Waals surface area contributed by atoms with E-state index in [4.69, 9.17) is 9.84 Å². The van der Waals surface area contributed by atoms with Gasteiger partial charge in [0.15, 0.2) is 5.65 Å². The van der Waals surface area contributed by atoms with E-state index in [2.05, 4.69) is 25.0 Å². The van der Waals surface area contributed by atoms with E-state index in [-0.39, 0.29) is 18.1 Å². The molecule has 0 spiro atoms. The van der Waals surface area contributed by atoms with E-state index in [0.29, 0.717) is 42.4 Å². The van der Waals surface area contributed by atoms with Gasteiger partial charge in [0, 0.05) is 43.2 Å². The fourth-order valence-electron chi connectivity index (χ4n) is 3.67. The van der Waals surface area contributed by atoms with Crippen LogP contribution in [0.1, 0.15) is 36.0 Å². The summed E-state index contributed by atoms with van der Waals surface area (Å²) in [5.74, 6) is -0.578. The van der Waals surface area contributed by atoms with Gasteiger partial charge in [-0.25, -0.2) is 28.7 Å². The third-order valence-corrected chi connectivity index (χ3v) is 5.62. The summed E-state index contributed by atoms with van der Waals surface area (Å²) in [6.45, 7) is 5.72. The zero-order valence-electron chi connectivity index (χ0n) is 19.1. The highest BCUT2D eigenvalue weighted by molar-refractivity contribution is 5.87. The number of nitrogens with zero attached hydrogens (tertiary/aromatic N) is 6. The average molecular weight is 469 g/mol. The molecular formula is C24H26F2N6O2. The Morgan fingerprint density at radius 3 is 2.50 bits per heavy atom. The molecular weight excluding hydrogens is 442 g/mol. The lowest BCUT2D eigenvalue weighted by Gasteiger charge is -2.21. The number of hydrogen-bond acceptors (Lipinski definition) is 7. The van der Waals surface area contributed by atoms with Crippen LogP contribution in [0.15, 0.2) is 36.7 Å². The van der Waals surface area contributed by atoms with Crippen molar-refractivity contribution in [1.82, 2.24) is 29.7 Å². The summed E-state index contributed by atoms with van der Waals surface area (Å²) >= 11 is 0. The van der Waals surface area contributed by atoms with Crippen molar-refractivity contribution in [3.63, 3.8) is 0 Å². The monoisotopic (exact) mass is 468 g/mol. The molecule has 0 bridgehead atoms. The van der Waals surface area contributed by atoms with E-state index < -0.39 is 11.6 Å². The maximum absolute atomic E-state index is 14.4. The van der Waals surface area contributed by atoms with Gasteiger partial charge in [-0.1, -0.05) is 0 Å². The predicted molar refractivity (Wildman–Crippen MR) is 122 cm³/mol. The first-order valence-corrected chi connectivity index (χ1v) is 11.1. The van der Waals surface area contributed by atoms with Crippen molar-refractivity contribution in [3.8, 4) is 11.3 Å². The molecule has 10 heteroatoms. The molecule has 0 amide bonds. The summed E-state index contributed by atoms with van der Waals surface area (Å²) in [6, 6.07) is 5.29. The minimum atomic E-state index is -0.678. The van der Waals surface area contributed by atoms with Crippen LogP contribution in [0.5, 0.6) is 0 Å². The molecule has 0 atom stereocenters. The van der Waals surface area contributed by atoms with Gasteiger partial charge in [-0.3, -0.25) is 4.68 Å². The first-order valence-electron chi connectivity index (χ1n) is 11.1. The van der Waals surface area contributed by atoms with Gasteiger partial charge in [0.05, 0.1) is 24.5 Å². The number of benzene rings is 1. The van der Waals surface area contributed by atoms with E-state index in [1.807, 2.05) is 26.1 Å². The van der Waals surface area contributed by atoms with Crippen LogP contribution in [0, 0.1) is 25.5 Å². The minimum absolute atomic E-state index is 0.124. The van der Waals surface area contributed by atoms with Crippen LogP contribution in [0.25, 0.3) is 22.4 Å². The van der Waals surface area contributed by atoms with Gasteiger partial charge in [0.1, 0.15) is 28.7 Å². The molecule has 0 aliphatic carbocycles. The van der Waals surface area contributed by atoms with Gasteiger partial charge in [-0.15, -0.1) is 0 Å². The van der Waals surface area contributed by atoms with Gasteiger partial charge < -0.3 is 9.84 Å². The van der Waals surface area contributed by atoms with Crippen molar-refractivity contribution in [2.75, 3.05) is 19.8 Å². The molecule has 34 heavy (non-hydrogen) atoms. The molecule has 1 aliphatic heterocycles. The lowest BCUT2D eigenvalue weighted by atomic mass is 9.99. The highest BCUT2D eigenvalue weighted by atomic mass is 19.1. The molecule has 8 nitrogen and oxygen atoms in total. The average Bonchev–Trinajstić information content (AvgIpc) is 3.34. The number of aryl methyl sites for hydroxylation is 2. The third-order valence-electron chi connectivity index (χ3n) is 5.62. The number of halogens is 2. The number of ether oxygens (including phenoxy) is 1. The maximum Gasteiger partial charge on any atom is 0.182 e. The number of fused-ring (bicyclic) bond motifs is 1. The van der Waals surface area contributed by atoms with Crippen LogP contribution in [-0.4, -0.2) is 54.6 Å². The first kappa shape index (κ1) is 23.8. The molecule has 0 unspecified atom stereocenters. The van der Waals surface area contributed by atoms with Gasteiger partial charge in [0.25, 0.3) is 0 Å². The summed E-state index contributed by atoms with van der Waals surface area (Å²) in [5.41, 5.74) is 2.90. The van der Waals surface area contributed by atoms with Crippen molar-refractivity contribution in [3.05, 3.63) is 65.5 Å². The van der Waals surface area contributed by atoms with Crippen molar-refractivity contribution in [1.29, 1.82) is 0 Å². The first-order chi connectivity index (χ1) is 16.5. The summed E-state index contributed by atoms with van der Waals surface area (Å²) < 4.78 is 34.9. The summed E-state index contributed by atoms with van der Waals surface area (Å²) in [4.78, 5) is 18.3. The molecule has 4 heterocycles. The van der Waals surface area contributed by atoms with Crippen LogP contribution in [0.2, 0.25) is 0 Å². The molecule has 1 fully saturated rings. The Morgan fingerprint density at radius 2 is 1.82 bits per heavy atom. The molecule has 178 valence electrons. The van der Waals surface area contributed by atoms with E-state index in [9.17, 15) is 8.78 Å². The fourth-order valence-corrected chi connectivity index (χ4v) is 3.67. The molecule has 1 aliphatic rings. The normalized spacial score (nSPS) is 14.1. The molecule has 3 aromatic heterocycles. The van der Waals surface area contributed by atoms with Crippen molar-refractivity contribution in [2.45, 2.75) is 39.2 Å². The second-order valence-corrected chi connectivity index (χ2v) is 8.00. The Kier molecular flexibility index (Phi) is 7.49. The van der Waals surface area contributed by atoms with E-state index in [0.717, 1.165) is 30.3 Å². The van der Waals surface area contributed by atoms with Crippen LogP contribution >= 0.6 is 0 Å². The smallest absolute Gasteiger partial charge is 0.182 e. The van der Waals surface area contributed by atoms with Crippen molar-refractivity contribution in [2.24, 2.45) is 0 Å². The Morgan fingerprint density at radius 1 is 1.06 bits per heavy atom. The number of aliphatic hydroxyl groups is 1. The number of rotatable bonds is 4. The quantitative estimate of drug-likeness (QED) is 0.487. The lowest BCUT2D eigenvalue weighted by molar-refractivity contribution is 0.0836. The molecule has 5 rings (SSSR count). The van der Waals surface area contributed by atoms with Crippen molar-refractivity contribution < 1.29 is 18.6 Å². The Balaban J connectivity index is 0.000000291. The Hall–Kier alpha value is -3.37. The van der Waals surface area contributed by atoms with Crippen LogP contribution in [0.4, 0.5) is 8.78 Å². The maximum atomic E-state index is 14.4. The number of aliphatic hydroxyl groups excluding tert-OH is 1. The number of aromatic nitrogens is 6. The minimum Gasteiger partial charge on any atom is -0.394 e. The van der Waals surface area contributed by atoms with Gasteiger partial charge >= 0.3 is 0 Å². The molecule has 1 saturated heterocycles. The van der Waals surface area contributed by atoms with Crippen LogP contribution in [-0.2, 0) is 11.3 Å². The predicted octanol–water partition coefficient (Wildman–Crippen LogP) is 3.75. The number of hydrogen-bond donors (Lipinski definition) is 1. The van der Waals surface area contributed by atoms with Gasteiger partial charge in [-0.05, 0) is 44.9 Å². The fraction of sp³-hybridized carbons (Fsp3) is 0.375. The second kappa shape index (κ2) is 10.7. The summed E-state index contributed by atoms with van der Waals surface area (Å²) in [7, 11) is 0. The van der Waals surface area contributed by atoms with Crippen LogP contribution in [0.3, 0.4) is 0 Å². The topological polar surface area (TPSA) is 98.8 Å². The van der Waals surface area contributed by atoms with E-state index in [1.54, 1.807) is 10.9 Å². The lowest BCUT2D eigenvalue weighted by Crippen LogP contribution is -2.17. The zero-order valence-corrected chi connectivity index (χ0v) is 19.1. The highest BCUT2D eigenvalue weighted by Gasteiger charge is 2.23. The van der Waals surface area contributed by atoms with Crippen molar-refractivity contribution >= 4 is 11.2 Å². The van der Waals surface area contributed by atoms with Gasteiger partial charge in [-0.2, -0.15) is 5.10 Å². The third kappa shape index (κ3) is 5.40. The Bertz CT molecular complexity index is 1260. The standard InChI is InChI=1S/C19H18F2N4O.C5H8N2O/c1-10-11(2)23-19-17(22-10)16(14-4-3-13(20)9-15(14)21)24-18(25-19)12-5-7-26-8-6-12;8-5-4-7-3-1-2-6-7/h3-4,9,12H,5-8H2,1-2H3;1-3,8H,4-5H2. The summed E-state index contributed by atoms with van der Waals surface area (Å²) in [5, 5.41) is 12.2. The van der Waals surface area contributed by atoms with Gasteiger partial charge in [0.2, 0.25) is 0 Å². The van der Waals surface area contributed by atoms with E-state index in [1.165, 1.54) is 12.1 Å². The van der Waals surface area contributed by atoms with Crippen LogP contribution < -0.4 is 0 Å². The molecule has 4 aromatic rings. The SMILES string of the molecule is Cc1nc2nc(C3CCOCC3)nc(-c3ccc(F)cc3F)c2nc1C.OCCn1cccn1. The molecule has 0 saturated carbocycles. The zero-order chi connectivity index (χ0) is 24.1. The largest absolute Gasteiger partial charge is 0.394 e. The molecule has 1 N–H and O–H groups in total. The Labute approximate surface area is 195 Å².